The van der Waals surface area contributed by atoms with Gasteiger partial charge in [0.25, 0.3) is 0 Å². The van der Waals surface area contributed by atoms with Crippen molar-refractivity contribution >= 4 is 0 Å². The third kappa shape index (κ3) is 6.14. The molecule has 2 aromatic rings. The van der Waals surface area contributed by atoms with E-state index >= 15 is 0 Å². The lowest BCUT2D eigenvalue weighted by atomic mass is 9.85. The van der Waals surface area contributed by atoms with Gasteiger partial charge in [-0.1, -0.05) is 76.3 Å². The summed E-state index contributed by atoms with van der Waals surface area (Å²) < 4.78 is 2.42. The van der Waals surface area contributed by atoms with E-state index in [4.69, 9.17) is 0 Å². The second kappa shape index (κ2) is 11.1. The normalized spacial score (nSPS) is 13.8. The molecule has 0 aliphatic heterocycles. The minimum absolute atomic E-state index is 0.609. The maximum absolute atomic E-state index is 3.24. The van der Waals surface area contributed by atoms with Crippen LogP contribution in [0.3, 0.4) is 0 Å². The van der Waals surface area contributed by atoms with Gasteiger partial charge in [0.2, 0.25) is 6.33 Å². The Labute approximate surface area is 148 Å². The van der Waals surface area contributed by atoms with Crippen LogP contribution in [0.4, 0.5) is 0 Å². The van der Waals surface area contributed by atoms with E-state index in [0.717, 1.165) is 5.92 Å². The first-order valence-electron chi connectivity index (χ1n) is 9.92. The Morgan fingerprint density at radius 2 is 1.71 bits per heavy atom. The van der Waals surface area contributed by atoms with Crippen LogP contribution in [-0.2, 0) is 6.42 Å². The summed E-state index contributed by atoms with van der Waals surface area (Å²) in [6.45, 7) is 4.59. The van der Waals surface area contributed by atoms with Crippen molar-refractivity contribution in [2.45, 2.75) is 77.7 Å². The van der Waals surface area contributed by atoms with Gasteiger partial charge in [-0.15, -0.1) is 0 Å². The van der Waals surface area contributed by atoms with E-state index < -0.39 is 0 Å². The average Bonchev–Trinajstić information content (AvgIpc) is 3.14. The summed E-state index contributed by atoms with van der Waals surface area (Å²) in [6, 6.07) is 11.7. The second-order valence-corrected chi connectivity index (χ2v) is 7.07. The van der Waals surface area contributed by atoms with Crippen molar-refractivity contribution in [3.05, 3.63) is 54.6 Å². The molecular weight excluding hydrogens is 292 g/mol. The zero-order chi connectivity index (χ0) is 17.0. The molecule has 0 radical (unpaired) electrons. The lowest BCUT2D eigenvalue weighted by Gasteiger charge is -2.25. The second-order valence-electron chi connectivity index (χ2n) is 7.07. The third-order valence-electron chi connectivity index (χ3n) is 5.12. The molecule has 0 aliphatic carbocycles. The Morgan fingerprint density at radius 3 is 2.38 bits per heavy atom. The number of unbranched alkanes of at least 4 members (excludes halogenated alkanes) is 4. The Bertz CT molecular complexity index is 518. The molecule has 1 aromatic carbocycles. The standard InChI is InChI=1S/C22H34N2/c1-3-5-7-11-14-21(18-20-12-9-8-10-13-20)22(15-6-4-2)24-17-16-23-19-24/h8-10,12-13,16-17,19,21-22H,3-7,11,14-15,18H2,1-2H3/p+1. The van der Waals surface area contributed by atoms with Crippen molar-refractivity contribution < 1.29 is 4.57 Å². The smallest absolute Gasteiger partial charge is 0.241 e. The molecule has 0 aliphatic rings. The molecule has 0 amide bonds. The van der Waals surface area contributed by atoms with Crippen molar-refractivity contribution in [2.75, 3.05) is 0 Å². The first kappa shape index (κ1) is 18.8. The minimum atomic E-state index is 0.609. The molecule has 2 rings (SSSR count). The molecule has 132 valence electrons. The summed E-state index contributed by atoms with van der Waals surface area (Å²) in [5.41, 5.74) is 1.48. The molecule has 0 fully saturated rings. The number of nitrogens with zero attached hydrogens (tertiary/aromatic N) is 1. The Balaban J connectivity index is 2.10. The predicted molar refractivity (Wildman–Crippen MR) is 102 cm³/mol. The molecule has 0 saturated heterocycles. The number of H-pyrrole nitrogens is 1. The van der Waals surface area contributed by atoms with E-state index in [1.165, 1.54) is 63.4 Å². The summed E-state index contributed by atoms with van der Waals surface area (Å²) in [5, 5.41) is 0. The number of aromatic amines is 1. The van der Waals surface area contributed by atoms with Gasteiger partial charge in [-0.25, -0.2) is 4.57 Å². The highest BCUT2D eigenvalue weighted by molar-refractivity contribution is 5.15. The molecule has 2 atom stereocenters. The van der Waals surface area contributed by atoms with E-state index in [1.807, 2.05) is 0 Å². The number of rotatable bonds is 12. The summed E-state index contributed by atoms with van der Waals surface area (Å²) in [7, 11) is 0. The highest BCUT2D eigenvalue weighted by Gasteiger charge is 2.26. The molecule has 1 N–H and O–H groups in total. The fourth-order valence-corrected chi connectivity index (χ4v) is 3.73. The summed E-state index contributed by atoms with van der Waals surface area (Å²) in [5.74, 6) is 0.719. The molecule has 24 heavy (non-hydrogen) atoms. The van der Waals surface area contributed by atoms with Gasteiger partial charge in [-0.3, -0.25) is 4.98 Å². The Kier molecular flexibility index (Phi) is 8.65. The predicted octanol–water partition coefficient (Wildman–Crippen LogP) is 5.86. The van der Waals surface area contributed by atoms with E-state index in [-0.39, 0.29) is 0 Å². The van der Waals surface area contributed by atoms with Crippen LogP contribution in [0.5, 0.6) is 0 Å². The summed E-state index contributed by atoms with van der Waals surface area (Å²) in [6.07, 6.45) is 18.2. The van der Waals surface area contributed by atoms with Crippen LogP contribution in [0.2, 0.25) is 0 Å². The summed E-state index contributed by atoms with van der Waals surface area (Å²) >= 11 is 0. The van der Waals surface area contributed by atoms with Gasteiger partial charge in [0, 0.05) is 5.92 Å². The zero-order valence-electron chi connectivity index (χ0n) is 15.6. The van der Waals surface area contributed by atoms with Crippen LogP contribution in [-0.4, -0.2) is 4.98 Å². The Hall–Kier alpha value is -1.57. The van der Waals surface area contributed by atoms with Crippen LogP contribution in [0.1, 0.15) is 76.8 Å². The van der Waals surface area contributed by atoms with Crippen molar-refractivity contribution in [2.24, 2.45) is 5.92 Å². The van der Waals surface area contributed by atoms with E-state index in [2.05, 4.69) is 72.5 Å². The van der Waals surface area contributed by atoms with Gasteiger partial charge < -0.3 is 0 Å². The average molecular weight is 328 g/mol. The fraction of sp³-hybridized carbons (Fsp3) is 0.591. The number of hydrogen-bond donors (Lipinski definition) is 1. The first-order valence-corrected chi connectivity index (χ1v) is 9.92. The maximum Gasteiger partial charge on any atom is 0.241 e. The van der Waals surface area contributed by atoms with Crippen molar-refractivity contribution in [3.63, 3.8) is 0 Å². The van der Waals surface area contributed by atoms with Crippen molar-refractivity contribution in [1.29, 1.82) is 0 Å². The number of imidazole rings is 1. The van der Waals surface area contributed by atoms with Gasteiger partial charge in [-0.2, -0.15) is 0 Å². The molecule has 0 spiro atoms. The van der Waals surface area contributed by atoms with Gasteiger partial charge in [0.05, 0.1) is 0 Å². The SMILES string of the molecule is CCCCCCC(Cc1ccccc1)C(CCCC)[n+]1cc[nH]c1. The lowest BCUT2D eigenvalue weighted by molar-refractivity contribution is -0.730. The highest BCUT2D eigenvalue weighted by Crippen LogP contribution is 2.28. The van der Waals surface area contributed by atoms with Gasteiger partial charge in [0.1, 0.15) is 18.4 Å². The molecule has 2 heteroatoms. The molecule has 1 aromatic heterocycles. The lowest BCUT2D eigenvalue weighted by Crippen LogP contribution is -2.42. The molecule has 0 saturated carbocycles. The van der Waals surface area contributed by atoms with E-state index in [9.17, 15) is 0 Å². The quantitative estimate of drug-likeness (QED) is 0.372. The number of aromatic nitrogens is 2. The Morgan fingerprint density at radius 1 is 0.917 bits per heavy atom. The number of nitrogens with one attached hydrogen (secondary N) is 1. The molecule has 2 nitrogen and oxygen atoms in total. The van der Waals surface area contributed by atoms with E-state index in [1.54, 1.807) is 0 Å². The van der Waals surface area contributed by atoms with Crippen molar-refractivity contribution in [3.8, 4) is 0 Å². The fourth-order valence-electron chi connectivity index (χ4n) is 3.73. The van der Waals surface area contributed by atoms with Gasteiger partial charge >= 0.3 is 0 Å². The molecule has 0 bridgehead atoms. The van der Waals surface area contributed by atoms with Crippen LogP contribution in [0.25, 0.3) is 0 Å². The van der Waals surface area contributed by atoms with Crippen LogP contribution in [0.15, 0.2) is 49.1 Å². The summed E-state index contributed by atoms with van der Waals surface area (Å²) in [4.78, 5) is 3.24. The van der Waals surface area contributed by atoms with Crippen LogP contribution >= 0.6 is 0 Å². The zero-order valence-corrected chi connectivity index (χ0v) is 15.6. The number of benzene rings is 1. The highest BCUT2D eigenvalue weighted by atomic mass is 15.1. The maximum atomic E-state index is 3.24. The van der Waals surface area contributed by atoms with E-state index in [0.29, 0.717) is 6.04 Å². The molecule has 1 heterocycles. The number of hydrogen-bond acceptors (Lipinski definition) is 0. The van der Waals surface area contributed by atoms with Crippen LogP contribution in [0, 0.1) is 5.92 Å². The molecular formula is C22H35N2+. The third-order valence-corrected chi connectivity index (χ3v) is 5.12. The molecule has 2 unspecified atom stereocenters. The first-order chi connectivity index (χ1) is 11.8. The van der Waals surface area contributed by atoms with Gasteiger partial charge in [0.15, 0.2) is 0 Å². The van der Waals surface area contributed by atoms with Crippen molar-refractivity contribution in [1.82, 2.24) is 4.98 Å². The largest absolute Gasteiger partial charge is 0.250 e. The topological polar surface area (TPSA) is 19.7 Å². The minimum Gasteiger partial charge on any atom is -0.250 e. The van der Waals surface area contributed by atoms with Crippen LogP contribution < -0.4 is 4.57 Å². The van der Waals surface area contributed by atoms with Gasteiger partial charge in [-0.05, 0) is 31.2 Å². The monoisotopic (exact) mass is 327 g/mol.